The Labute approximate surface area is 146 Å². The molecule has 0 saturated carbocycles. The highest BCUT2D eigenvalue weighted by molar-refractivity contribution is 7.89. The molecule has 3 rings (SSSR count). The summed E-state index contributed by atoms with van der Waals surface area (Å²) in [6.45, 7) is 1.91. The third kappa shape index (κ3) is 3.53. The molecule has 0 spiro atoms. The summed E-state index contributed by atoms with van der Waals surface area (Å²) in [6.07, 6.45) is 1.19. The van der Waals surface area contributed by atoms with E-state index in [0.717, 1.165) is 16.7 Å². The van der Waals surface area contributed by atoms with Crippen molar-refractivity contribution in [3.8, 4) is 0 Å². The van der Waals surface area contributed by atoms with Crippen LogP contribution in [-0.2, 0) is 22.9 Å². The van der Waals surface area contributed by atoms with E-state index in [4.69, 9.17) is 11.6 Å². The number of alkyl halides is 1. The third-order valence-electron chi connectivity index (χ3n) is 4.24. The molecule has 1 unspecified atom stereocenters. The number of carbonyl (C=O) groups is 1. The molecule has 0 radical (unpaired) electrons. The topological polar surface area (TPSA) is 63.2 Å². The largest absolute Gasteiger partial charge is 0.293 e. The smallest absolute Gasteiger partial charge is 0.240 e. The minimum Gasteiger partial charge on any atom is -0.293 e. The Kier molecular flexibility index (Phi) is 4.76. The third-order valence-corrected chi connectivity index (χ3v) is 6.01. The van der Waals surface area contributed by atoms with Crippen molar-refractivity contribution in [2.75, 3.05) is 5.88 Å². The Morgan fingerprint density at radius 1 is 1.12 bits per heavy atom. The van der Waals surface area contributed by atoms with E-state index in [0.29, 0.717) is 18.4 Å². The summed E-state index contributed by atoms with van der Waals surface area (Å²) in [7, 11) is -3.55. The quantitative estimate of drug-likeness (QED) is 0.656. The van der Waals surface area contributed by atoms with Crippen molar-refractivity contribution >= 4 is 27.4 Å². The van der Waals surface area contributed by atoms with Crippen molar-refractivity contribution in [3.05, 3.63) is 64.7 Å². The zero-order valence-corrected chi connectivity index (χ0v) is 14.8. The van der Waals surface area contributed by atoms with Gasteiger partial charge in [-0.25, -0.2) is 13.1 Å². The monoisotopic (exact) mass is 363 g/mol. The van der Waals surface area contributed by atoms with Crippen LogP contribution in [0, 0.1) is 6.92 Å². The summed E-state index contributed by atoms with van der Waals surface area (Å²) in [5.41, 5.74) is 3.66. The summed E-state index contributed by atoms with van der Waals surface area (Å²) in [5, 5.41) is 0. The van der Waals surface area contributed by atoms with E-state index >= 15 is 0 Å². The maximum absolute atomic E-state index is 12.5. The van der Waals surface area contributed by atoms with Crippen LogP contribution in [0.3, 0.4) is 0 Å². The maximum Gasteiger partial charge on any atom is 0.240 e. The molecule has 0 fully saturated rings. The number of Topliss-reactive ketones (excluding diaryl/α,β-unsaturated/α-hetero) is 1. The highest BCUT2D eigenvalue weighted by atomic mass is 35.5. The van der Waals surface area contributed by atoms with E-state index < -0.39 is 10.0 Å². The SMILES string of the molecule is Cc1ccc(S(=O)(=O)NC2Cc3ccc(C(=O)CCl)cc3C2)cc1. The first-order valence-corrected chi connectivity index (χ1v) is 9.71. The van der Waals surface area contributed by atoms with E-state index in [1.807, 2.05) is 19.1 Å². The van der Waals surface area contributed by atoms with E-state index in [1.165, 1.54) is 0 Å². The number of hydrogen-bond acceptors (Lipinski definition) is 3. The molecule has 126 valence electrons. The van der Waals surface area contributed by atoms with Crippen LogP contribution in [-0.4, -0.2) is 26.1 Å². The number of nitrogens with one attached hydrogen (secondary N) is 1. The molecule has 0 heterocycles. The molecular formula is C18H18ClNO3S. The van der Waals surface area contributed by atoms with Gasteiger partial charge in [0.1, 0.15) is 0 Å². The summed E-state index contributed by atoms with van der Waals surface area (Å²) < 4.78 is 27.7. The van der Waals surface area contributed by atoms with Crippen LogP contribution in [0.5, 0.6) is 0 Å². The van der Waals surface area contributed by atoms with Crippen LogP contribution in [0.1, 0.15) is 27.0 Å². The first-order valence-electron chi connectivity index (χ1n) is 7.69. The van der Waals surface area contributed by atoms with E-state index in [9.17, 15) is 13.2 Å². The van der Waals surface area contributed by atoms with Gasteiger partial charge in [-0.1, -0.05) is 29.8 Å². The van der Waals surface area contributed by atoms with E-state index in [1.54, 1.807) is 30.3 Å². The molecule has 2 aromatic rings. The van der Waals surface area contributed by atoms with Gasteiger partial charge in [-0.2, -0.15) is 0 Å². The number of benzene rings is 2. The second-order valence-electron chi connectivity index (χ2n) is 6.08. The lowest BCUT2D eigenvalue weighted by atomic mass is 10.0. The van der Waals surface area contributed by atoms with Gasteiger partial charge in [-0.15, -0.1) is 11.6 Å². The predicted octanol–water partition coefficient (Wildman–Crippen LogP) is 2.86. The van der Waals surface area contributed by atoms with Crippen molar-refractivity contribution in [3.63, 3.8) is 0 Å². The van der Waals surface area contributed by atoms with Crippen molar-refractivity contribution in [1.82, 2.24) is 4.72 Å². The number of halogens is 1. The minimum absolute atomic E-state index is 0.0533. The van der Waals surface area contributed by atoms with E-state index in [2.05, 4.69) is 4.72 Å². The molecule has 0 aliphatic heterocycles. The van der Waals surface area contributed by atoms with Gasteiger partial charge in [0.15, 0.2) is 5.78 Å². The van der Waals surface area contributed by atoms with Crippen molar-refractivity contribution in [2.45, 2.75) is 30.7 Å². The molecule has 0 aromatic heterocycles. The zero-order valence-electron chi connectivity index (χ0n) is 13.3. The summed E-state index contributed by atoms with van der Waals surface area (Å²) >= 11 is 5.59. The number of ketones is 1. The first kappa shape index (κ1) is 17.1. The number of fused-ring (bicyclic) bond motifs is 1. The minimum atomic E-state index is -3.55. The Morgan fingerprint density at radius 2 is 1.79 bits per heavy atom. The highest BCUT2D eigenvalue weighted by Crippen LogP contribution is 2.25. The molecule has 0 amide bonds. The van der Waals surface area contributed by atoms with Gasteiger partial charge in [0, 0.05) is 11.6 Å². The molecule has 4 nitrogen and oxygen atoms in total. The molecule has 2 aromatic carbocycles. The lowest BCUT2D eigenvalue weighted by molar-refractivity contribution is 0.102. The van der Waals surface area contributed by atoms with Gasteiger partial charge >= 0.3 is 0 Å². The van der Waals surface area contributed by atoms with Gasteiger partial charge in [-0.05, 0) is 49.1 Å². The van der Waals surface area contributed by atoms with E-state index in [-0.39, 0.29) is 22.6 Å². The first-order chi connectivity index (χ1) is 11.4. The van der Waals surface area contributed by atoms with Gasteiger partial charge in [0.25, 0.3) is 0 Å². The molecule has 24 heavy (non-hydrogen) atoms. The average Bonchev–Trinajstić information content (AvgIpc) is 2.94. The normalized spacial score (nSPS) is 16.8. The summed E-state index contributed by atoms with van der Waals surface area (Å²) in [6, 6.07) is 12.0. The zero-order chi connectivity index (χ0) is 17.3. The Morgan fingerprint density at radius 3 is 2.46 bits per heavy atom. The fourth-order valence-corrected chi connectivity index (χ4v) is 4.35. The lowest BCUT2D eigenvalue weighted by Crippen LogP contribution is -2.35. The highest BCUT2D eigenvalue weighted by Gasteiger charge is 2.27. The van der Waals surface area contributed by atoms with Gasteiger partial charge in [0.2, 0.25) is 10.0 Å². The molecule has 0 saturated heterocycles. The molecule has 0 bridgehead atoms. The van der Waals surface area contributed by atoms with Crippen LogP contribution < -0.4 is 4.72 Å². The number of rotatable bonds is 5. The molecule has 1 aliphatic rings. The van der Waals surface area contributed by atoms with Crippen molar-refractivity contribution in [2.24, 2.45) is 0 Å². The van der Waals surface area contributed by atoms with Gasteiger partial charge < -0.3 is 0 Å². The number of carbonyl (C=O) groups excluding carboxylic acids is 1. The lowest BCUT2D eigenvalue weighted by Gasteiger charge is -2.12. The fraction of sp³-hybridized carbons (Fsp3) is 0.278. The Bertz CT molecular complexity index is 876. The Balaban J connectivity index is 1.76. The van der Waals surface area contributed by atoms with Crippen LogP contribution in [0.4, 0.5) is 0 Å². The number of hydrogen-bond donors (Lipinski definition) is 1. The van der Waals surface area contributed by atoms with Crippen molar-refractivity contribution in [1.29, 1.82) is 0 Å². The molecule has 6 heteroatoms. The number of aryl methyl sites for hydroxylation is 1. The number of sulfonamides is 1. The van der Waals surface area contributed by atoms with Gasteiger partial charge in [0.05, 0.1) is 10.8 Å². The standard InChI is InChI=1S/C18H18ClNO3S/c1-12-2-6-17(7-3-12)24(22,23)20-16-9-13-4-5-14(18(21)11-19)8-15(13)10-16/h2-8,16,20H,9-11H2,1H3. The maximum atomic E-state index is 12.5. The Hall–Kier alpha value is -1.69. The molecular weight excluding hydrogens is 346 g/mol. The fourth-order valence-electron chi connectivity index (χ4n) is 2.96. The summed E-state index contributed by atoms with van der Waals surface area (Å²) in [5.74, 6) is -0.175. The average molecular weight is 364 g/mol. The molecule has 1 N–H and O–H groups in total. The molecule has 1 aliphatic carbocycles. The van der Waals surface area contributed by atoms with Crippen LogP contribution in [0.2, 0.25) is 0 Å². The van der Waals surface area contributed by atoms with Crippen LogP contribution >= 0.6 is 11.6 Å². The summed E-state index contributed by atoms with van der Waals surface area (Å²) in [4.78, 5) is 12.0. The van der Waals surface area contributed by atoms with Crippen LogP contribution in [0.15, 0.2) is 47.4 Å². The van der Waals surface area contributed by atoms with Crippen LogP contribution in [0.25, 0.3) is 0 Å². The van der Waals surface area contributed by atoms with Gasteiger partial charge in [-0.3, -0.25) is 4.79 Å². The molecule has 1 atom stereocenters. The van der Waals surface area contributed by atoms with Crippen molar-refractivity contribution < 1.29 is 13.2 Å². The second kappa shape index (κ2) is 6.67. The second-order valence-corrected chi connectivity index (χ2v) is 8.06. The predicted molar refractivity (Wildman–Crippen MR) is 94.2 cm³/mol.